The molecule has 2 heterocycles. The number of benzene rings is 1. The highest BCUT2D eigenvalue weighted by molar-refractivity contribution is 6.03. The highest BCUT2D eigenvalue weighted by Crippen LogP contribution is 2.36. The second-order valence-electron chi connectivity index (χ2n) is 5.15. The number of aromatic nitrogens is 3. The van der Waals surface area contributed by atoms with Crippen LogP contribution in [0.3, 0.4) is 0 Å². The van der Waals surface area contributed by atoms with Crippen molar-refractivity contribution in [3.05, 3.63) is 35.3 Å². The van der Waals surface area contributed by atoms with Crippen LogP contribution in [-0.2, 0) is 12.8 Å². The average molecular weight is 282 g/mol. The van der Waals surface area contributed by atoms with E-state index in [4.69, 9.17) is 4.42 Å². The molecule has 2 aromatic heterocycles. The van der Waals surface area contributed by atoms with Gasteiger partial charge in [-0.25, -0.2) is 10.1 Å². The third-order valence-electron chi connectivity index (χ3n) is 3.85. The normalized spacial score (nSPS) is 14.9. The number of nitrogens with one attached hydrogen (secondary N) is 1. The maximum atomic E-state index is 10.2. The van der Waals surface area contributed by atoms with Gasteiger partial charge in [0.1, 0.15) is 23.4 Å². The van der Waals surface area contributed by atoms with E-state index in [0.29, 0.717) is 11.5 Å². The highest BCUT2D eigenvalue weighted by Gasteiger charge is 2.21. The molecular weight excluding hydrogens is 268 g/mol. The first-order valence-corrected chi connectivity index (χ1v) is 6.98. The minimum atomic E-state index is 0.194. The molecule has 6 nitrogen and oxygen atoms in total. The smallest absolute Gasteiger partial charge is 0.245 e. The first-order valence-electron chi connectivity index (χ1n) is 6.98. The highest BCUT2D eigenvalue weighted by atomic mass is 16.3. The van der Waals surface area contributed by atoms with E-state index in [9.17, 15) is 5.11 Å². The summed E-state index contributed by atoms with van der Waals surface area (Å²) in [5, 5.41) is 17.6. The van der Waals surface area contributed by atoms with Crippen LogP contribution in [0.4, 0.5) is 5.95 Å². The van der Waals surface area contributed by atoms with Gasteiger partial charge in [-0.15, -0.1) is 0 Å². The Morgan fingerprint density at radius 1 is 1.29 bits per heavy atom. The molecule has 1 aromatic carbocycles. The largest absolute Gasteiger partial charge is 0.507 e. The molecule has 4 rings (SSSR count). The number of H-pyrrole nitrogens is 1. The molecule has 0 atom stereocenters. The van der Waals surface area contributed by atoms with Gasteiger partial charge in [0.2, 0.25) is 5.95 Å². The molecule has 1 aliphatic rings. The fourth-order valence-electron chi connectivity index (χ4n) is 2.89. The van der Waals surface area contributed by atoms with Crippen LogP contribution in [0.5, 0.6) is 5.75 Å². The zero-order valence-corrected chi connectivity index (χ0v) is 11.3. The predicted octanol–water partition coefficient (Wildman–Crippen LogP) is 2.89. The van der Waals surface area contributed by atoms with Crippen molar-refractivity contribution in [1.29, 1.82) is 0 Å². The lowest BCUT2D eigenvalue weighted by molar-refractivity contribution is 0.474. The van der Waals surface area contributed by atoms with Gasteiger partial charge < -0.3 is 9.52 Å². The Hall–Kier alpha value is -2.63. The minimum Gasteiger partial charge on any atom is -0.507 e. The lowest BCUT2D eigenvalue weighted by atomic mass is 9.94. The van der Waals surface area contributed by atoms with Gasteiger partial charge in [-0.2, -0.15) is 10.1 Å². The number of phenols is 1. The quantitative estimate of drug-likeness (QED) is 0.707. The number of hydrogen-bond donors (Lipinski definition) is 2. The number of fused-ring (bicyclic) bond motifs is 3. The Morgan fingerprint density at radius 2 is 2.19 bits per heavy atom. The van der Waals surface area contributed by atoms with Crippen molar-refractivity contribution in [3.8, 4) is 5.75 Å². The Bertz CT molecular complexity index is 818. The van der Waals surface area contributed by atoms with Gasteiger partial charge in [0, 0.05) is 29.1 Å². The van der Waals surface area contributed by atoms with Crippen LogP contribution in [0.2, 0.25) is 0 Å². The summed E-state index contributed by atoms with van der Waals surface area (Å²) in [6.07, 6.45) is 7.25. The van der Waals surface area contributed by atoms with E-state index in [2.05, 4.69) is 20.2 Å². The summed E-state index contributed by atoms with van der Waals surface area (Å²) in [6, 6.07) is 3.45. The van der Waals surface area contributed by atoms with Crippen LogP contribution in [0.1, 0.15) is 29.7 Å². The molecule has 3 aromatic rings. The Kier molecular flexibility index (Phi) is 2.73. The molecule has 1 aliphatic carbocycles. The third-order valence-corrected chi connectivity index (χ3v) is 3.85. The fraction of sp³-hybridized carbons (Fsp3) is 0.267. The summed E-state index contributed by atoms with van der Waals surface area (Å²) in [5.41, 5.74) is 2.68. The van der Waals surface area contributed by atoms with Crippen molar-refractivity contribution in [1.82, 2.24) is 15.2 Å². The zero-order chi connectivity index (χ0) is 14.2. The van der Waals surface area contributed by atoms with E-state index >= 15 is 0 Å². The van der Waals surface area contributed by atoms with E-state index in [1.165, 1.54) is 11.9 Å². The Morgan fingerprint density at radius 3 is 3.05 bits per heavy atom. The van der Waals surface area contributed by atoms with Gasteiger partial charge in [-0.1, -0.05) is 0 Å². The van der Waals surface area contributed by atoms with Crippen molar-refractivity contribution < 1.29 is 9.52 Å². The van der Waals surface area contributed by atoms with E-state index < -0.39 is 0 Å². The molecule has 0 radical (unpaired) electrons. The van der Waals surface area contributed by atoms with Gasteiger partial charge in [-0.05, 0) is 31.4 Å². The number of aromatic amines is 1. The second-order valence-corrected chi connectivity index (χ2v) is 5.15. The molecule has 0 saturated carbocycles. The second kappa shape index (κ2) is 4.73. The molecule has 0 amide bonds. The standard InChI is InChI=1S/C15H14N4O2/c20-11-5-6-13-14(9-3-1-2-4-12(9)21-13)10(11)7-16-15-17-8-18-19-15/h5-8,20H,1-4H2,(H,17,18,19)/b16-7+. The number of hydrogen-bond acceptors (Lipinski definition) is 5. The molecule has 2 N–H and O–H groups in total. The number of aromatic hydroxyl groups is 1. The molecule has 0 bridgehead atoms. The molecule has 6 heteroatoms. The third kappa shape index (κ3) is 1.99. The van der Waals surface area contributed by atoms with Crippen molar-refractivity contribution in [2.75, 3.05) is 0 Å². The Labute approximate surface area is 120 Å². The summed E-state index contributed by atoms with van der Waals surface area (Å²) in [4.78, 5) is 8.17. The summed E-state index contributed by atoms with van der Waals surface area (Å²) in [7, 11) is 0. The van der Waals surface area contributed by atoms with Crippen LogP contribution in [-0.4, -0.2) is 26.5 Å². The van der Waals surface area contributed by atoms with E-state index in [-0.39, 0.29) is 5.75 Å². The van der Waals surface area contributed by atoms with Gasteiger partial charge in [0.25, 0.3) is 0 Å². The maximum Gasteiger partial charge on any atom is 0.245 e. The van der Waals surface area contributed by atoms with Gasteiger partial charge in [-0.3, -0.25) is 0 Å². The monoisotopic (exact) mass is 282 g/mol. The number of aryl methyl sites for hydroxylation is 2. The predicted molar refractivity (Wildman–Crippen MR) is 78.2 cm³/mol. The number of nitrogens with zero attached hydrogens (tertiary/aromatic N) is 3. The van der Waals surface area contributed by atoms with Gasteiger partial charge in [0.05, 0.1) is 0 Å². The molecular formula is C15H14N4O2. The molecule has 0 fully saturated rings. The molecule has 0 spiro atoms. The van der Waals surface area contributed by atoms with Crippen LogP contribution >= 0.6 is 0 Å². The van der Waals surface area contributed by atoms with Crippen LogP contribution in [0.25, 0.3) is 11.0 Å². The summed E-state index contributed by atoms with van der Waals surface area (Å²) >= 11 is 0. The molecule has 0 aliphatic heterocycles. The molecule has 21 heavy (non-hydrogen) atoms. The summed E-state index contributed by atoms with van der Waals surface area (Å²) in [5.74, 6) is 1.64. The first kappa shape index (κ1) is 12.1. The summed E-state index contributed by atoms with van der Waals surface area (Å²) in [6.45, 7) is 0. The maximum absolute atomic E-state index is 10.2. The minimum absolute atomic E-state index is 0.194. The van der Waals surface area contributed by atoms with Gasteiger partial charge in [0.15, 0.2) is 0 Å². The molecule has 0 saturated heterocycles. The van der Waals surface area contributed by atoms with E-state index in [1.807, 2.05) is 6.07 Å². The zero-order valence-electron chi connectivity index (χ0n) is 11.3. The van der Waals surface area contributed by atoms with Crippen molar-refractivity contribution in [2.45, 2.75) is 25.7 Å². The lowest BCUT2D eigenvalue weighted by Crippen LogP contribution is -1.99. The van der Waals surface area contributed by atoms with Crippen LogP contribution in [0.15, 0.2) is 27.9 Å². The summed E-state index contributed by atoms with van der Waals surface area (Å²) < 4.78 is 5.91. The van der Waals surface area contributed by atoms with Crippen molar-refractivity contribution >= 4 is 23.1 Å². The van der Waals surface area contributed by atoms with Crippen molar-refractivity contribution in [2.24, 2.45) is 4.99 Å². The van der Waals surface area contributed by atoms with Crippen LogP contribution < -0.4 is 0 Å². The van der Waals surface area contributed by atoms with Crippen LogP contribution in [0, 0.1) is 0 Å². The number of phenolic OH excluding ortho intramolecular Hbond substituents is 1. The van der Waals surface area contributed by atoms with E-state index in [0.717, 1.165) is 42.4 Å². The SMILES string of the molecule is Oc1ccc2oc3c(c2c1/C=N/c1ncn[nH]1)CCCC3. The topological polar surface area (TPSA) is 87.3 Å². The number of furan rings is 1. The molecule has 0 unspecified atom stereocenters. The van der Waals surface area contributed by atoms with E-state index in [1.54, 1.807) is 12.3 Å². The van der Waals surface area contributed by atoms with Crippen molar-refractivity contribution in [3.63, 3.8) is 0 Å². The number of rotatable bonds is 2. The fourth-order valence-corrected chi connectivity index (χ4v) is 2.89. The van der Waals surface area contributed by atoms with Gasteiger partial charge >= 0.3 is 0 Å². The Balaban J connectivity index is 1.90. The number of aliphatic imine (C=N–C) groups is 1. The molecule has 106 valence electrons. The first-order chi connectivity index (χ1) is 10.3. The lowest BCUT2D eigenvalue weighted by Gasteiger charge is -2.09. The average Bonchev–Trinajstić information content (AvgIpc) is 3.13.